The van der Waals surface area contributed by atoms with Gasteiger partial charge in [-0.15, -0.1) is 0 Å². The summed E-state index contributed by atoms with van der Waals surface area (Å²) < 4.78 is 10.4. The summed E-state index contributed by atoms with van der Waals surface area (Å²) in [6, 6.07) is 16.1. The molecule has 0 aliphatic heterocycles. The van der Waals surface area contributed by atoms with Crippen molar-refractivity contribution in [2.45, 2.75) is 6.61 Å². The van der Waals surface area contributed by atoms with Gasteiger partial charge >= 0.3 is 0 Å². The number of amides is 1. The van der Waals surface area contributed by atoms with E-state index < -0.39 is 0 Å². The molecule has 0 aliphatic rings. The number of ether oxygens (including phenoxy) is 2. The Morgan fingerprint density at radius 3 is 2.41 bits per heavy atom. The minimum absolute atomic E-state index is 0.0357. The Labute approximate surface area is 129 Å². The molecule has 112 valence electrons. The van der Waals surface area contributed by atoms with Gasteiger partial charge in [-0.3, -0.25) is 4.79 Å². The van der Waals surface area contributed by atoms with E-state index in [2.05, 4.69) is 5.32 Å². The summed E-state index contributed by atoms with van der Waals surface area (Å²) in [5.41, 5.74) is 2.15. The number of nitriles is 1. The van der Waals surface area contributed by atoms with Crippen molar-refractivity contribution in [3.8, 4) is 11.8 Å². The molecule has 1 amide bonds. The second-order valence-electron chi connectivity index (χ2n) is 4.58. The quantitative estimate of drug-likeness (QED) is 0.889. The lowest BCUT2D eigenvalue weighted by atomic mass is 10.2. The van der Waals surface area contributed by atoms with Gasteiger partial charge < -0.3 is 14.8 Å². The Morgan fingerprint density at radius 1 is 1.14 bits per heavy atom. The first kappa shape index (κ1) is 15.5. The molecule has 0 atom stereocenters. The van der Waals surface area contributed by atoms with Gasteiger partial charge in [0.25, 0.3) is 0 Å². The molecular formula is C17H16N2O3. The highest BCUT2D eigenvalue weighted by Gasteiger charge is 2.03. The molecule has 0 aliphatic carbocycles. The highest BCUT2D eigenvalue weighted by molar-refractivity contribution is 5.91. The number of carbonyl (C=O) groups excluding carboxylic acids is 1. The first-order chi connectivity index (χ1) is 10.7. The first-order valence-electron chi connectivity index (χ1n) is 6.72. The van der Waals surface area contributed by atoms with Crippen LogP contribution in [0.15, 0.2) is 48.5 Å². The maximum absolute atomic E-state index is 11.7. The number of hydrogen-bond donors (Lipinski definition) is 1. The summed E-state index contributed by atoms with van der Waals surface area (Å²) in [5, 5.41) is 11.4. The monoisotopic (exact) mass is 296 g/mol. The van der Waals surface area contributed by atoms with E-state index in [1.54, 1.807) is 31.4 Å². The molecule has 5 heteroatoms. The van der Waals surface area contributed by atoms with Gasteiger partial charge in [0, 0.05) is 5.69 Å². The van der Waals surface area contributed by atoms with Crippen LogP contribution in [-0.2, 0) is 16.1 Å². The third kappa shape index (κ3) is 4.62. The van der Waals surface area contributed by atoms with Crippen LogP contribution in [0.3, 0.4) is 0 Å². The second-order valence-corrected chi connectivity index (χ2v) is 4.58. The van der Waals surface area contributed by atoms with Gasteiger partial charge in [0.05, 0.1) is 25.3 Å². The van der Waals surface area contributed by atoms with Crippen molar-refractivity contribution in [3.05, 3.63) is 59.7 Å². The Kier molecular flexibility index (Phi) is 5.52. The Hall–Kier alpha value is -2.84. The van der Waals surface area contributed by atoms with E-state index >= 15 is 0 Å². The van der Waals surface area contributed by atoms with Crippen molar-refractivity contribution >= 4 is 11.6 Å². The van der Waals surface area contributed by atoms with E-state index in [9.17, 15) is 4.79 Å². The molecule has 1 N–H and O–H groups in total. The van der Waals surface area contributed by atoms with Crippen molar-refractivity contribution in [2.75, 3.05) is 19.0 Å². The number of nitrogens with zero attached hydrogens (tertiary/aromatic N) is 1. The third-order valence-electron chi connectivity index (χ3n) is 2.96. The molecule has 0 saturated heterocycles. The summed E-state index contributed by atoms with van der Waals surface area (Å²) >= 11 is 0. The Bertz CT molecular complexity index is 658. The zero-order valence-electron chi connectivity index (χ0n) is 12.2. The highest BCUT2D eigenvalue weighted by atomic mass is 16.5. The molecule has 2 rings (SSSR count). The van der Waals surface area contributed by atoms with Crippen molar-refractivity contribution < 1.29 is 14.3 Å². The fourth-order valence-corrected chi connectivity index (χ4v) is 1.81. The molecule has 0 aromatic heterocycles. The smallest absolute Gasteiger partial charge is 0.250 e. The largest absolute Gasteiger partial charge is 0.497 e. The topological polar surface area (TPSA) is 71.3 Å². The lowest BCUT2D eigenvalue weighted by molar-refractivity contribution is -0.121. The summed E-state index contributed by atoms with van der Waals surface area (Å²) in [7, 11) is 1.61. The molecule has 0 unspecified atom stereocenters. The van der Waals surface area contributed by atoms with Crippen LogP contribution in [0.4, 0.5) is 5.69 Å². The number of anilines is 1. The predicted molar refractivity (Wildman–Crippen MR) is 82.4 cm³/mol. The number of benzene rings is 2. The maximum atomic E-state index is 11.7. The fraction of sp³-hybridized carbons (Fsp3) is 0.176. The van der Waals surface area contributed by atoms with Crippen LogP contribution >= 0.6 is 0 Å². The first-order valence-corrected chi connectivity index (χ1v) is 6.72. The summed E-state index contributed by atoms with van der Waals surface area (Å²) in [4.78, 5) is 11.7. The van der Waals surface area contributed by atoms with Crippen molar-refractivity contribution in [1.29, 1.82) is 5.26 Å². The zero-order valence-corrected chi connectivity index (χ0v) is 12.2. The molecule has 0 saturated carbocycles. The second kappa shape index (κ2) is 7.81. The predicted octanol–water partition coefficient (Wildman–Crippen LogP) is 2.72. The number of carbonyl (C=O) groups is 1. The molecule has 2 aromatic carbocycles. The van der Waals surface area contributed by atoms with Crippen molar-refractivity contribution in [2.24, 2.45) is 0 Å². The van der Waals surface area contributed by atoms with Gasteiger partial charge in [-0.1, -0.05) is 12.1 Å². The molecule has 0 bridgehead atoms. The SMILES string of the molecule is COc1ccc(COCC(=O)Nc2ccc(C#N)cc2)cc1. The van der Waals surface area contributed by atoms with Crippen molar-refractivity contribution in [3.63, 3.8) is 0 Å². The van der Waals surface area contributed by atoms with Gasteiger partial charge in [0.15, 0.2) is 0 Å². The van der Waals surface area contributed by atoms with Crippen LogP contribution in [0.2, 0.25) is 0 Å². The number of hydrogen-bond acceptors (Lipinski definition) is 4. The fourth-order valence-electron chi connectivity index (χ4n) is 1.81. The number of methoxy groups -OCH3 is 1. The molecule has 0 radical (unpaired) electrons. The normalized spacial score (nSPS) is 9.82. The minimum atomic E-state index is -0.238. The molecule has 0 fully saturated rings. The maximum Gasteiger partial charge on any atom is 0.250 e. The summed E-state index contributed by atoms with van der Waals surface area (Å²) in [5.74, 6) is 0.542. The highest BCUT2D eigenvalue weighted by Crippen LogP contribution is 2.12. The lowest BCUT2D eigenvalue weighted by Gasteiger charge is -2.07. The summed E-state index contributed by atoms with van der Waals surface area (Å²) in [6.45, 7) is 0.316. The van der Waals surface area contributed by atoms with Crippen LogP contribution in [0.25, 0.3) is 0 Å². The van der Waals surface area contributed by atoms with Gasteiger partial charge in [0.1, 0.15) is 12.4 Å². The van der Waals surface area contributed by atoms with Gasteiger partial charge in [-0.05, 0) is 42.0 Å². The van der Waals surface area contributed by atoms with E-state index in [0.29, 0.717) is 17.9 Å². The van der Waals surface area contributed by atoms with Crippen LogP contribution < -0.4 is 10.1 Å². The standard InChI is InChI=1S/C17H16N2O3/c1-21-16-8-4-14(5-9-16)11-22-12-17(20)19-15-6-2-13(10-18)3-7-15/h2-9H,11-12H2,1H3,(H,19,20). The molecule has 0 spiro atoms. The minimum Gasteiger partial charge on any atom is -0.497 e. The average molecular weight is 296 g/mol. The van der Waals surface area contributed by atoms with Gasteiger partial charge in [-0.2, -0.15) is 5.26 Å². The van der Waals surface area contributed by atoms with E-state index in [1.165, 1.54) is 0 Å². The Balaban J connectivity index is 1.76. The lowest BCUT2D eigenvalue weighted by Crippen LogP contribution is -2.18. The van der Waals surface area contributed by atoms with E-state index in [-0.39, 0.29) is 12.5 Å². The van der Waals surface area contributed by atoms with Gasteiger partial charge in [-0.25, -0.2) is 0 Å². The van der Waals surface area contributed by atoms with Crippen LogP contribution in [0.1, 0.15) is 11.1 Å². The van der Waals surface area contributed by atoms with Crippen molar-refractivity contribution in [1.82, 2.24) is 0 Å². The number of rotatable bonds is 6. The molecule has 5 nitrogen and oxygen atoms in total. The third-order valence-corrected chi connectivity index (χ3v) is 2.96. The van der Waals surface area contributed by atoms with E-state index in [1.807, 2.05) is 30.3 Å². The Morgan fingerprint density at radius 2 is 1.82 bits per heavy atom. The van der Waals surface area contributed by atoms with E-state index in [4.69, 9.17) is 14.7 Å². The average Bonchev–Trinajstić information content (AvgIpc) is 2.56. The van der Waals surface area contributed by atoms with Crippen LogP contribution in [-0.4, -0.2) is 19.6 Å². The molecule has 2 aromatic rings. The number of nitrogens with one attached hydrogen (secondary N) is 1. The molecule has 22 heavy (non-hydrogen) atoms. The zero-order chi connectivity index (χ0) is 15.8. The van der Waals surface area contributed by atoms with Gasteiger partial charge in [0.2, 0.25) is 5.91 Å². The van der Waals surface area contributed by atoms with E-state index in [0.717, 1.165) is 11.3 Å². The summed E-state index contributed by atoms with van der Waals surface area (Å²) in [6.07, 6.45) is 0. The molecular weight excluding hydrogens is 280 g/mol. The van der Waals surface area contributed by atoms with Crippen LogP contribution in [0, 0.1) is 11.3 Å². The molecule has 0 heterocycles. The van der Waals surface area contributed by atoms with Crippen LogP contribution in [0.5, 0.6) is 5.75 Å².